The van der Waals surface area contributed by atoms with E-state index in [-0.39, 0.29) is 23.9 Å². The number of sulfone groups is 1. The van der Waals surface area contributed by atoms with Gasteiger partial charge in [-0.2, -0.15) is 0 Å². The second-order valence-corrected chi connectivity index (χ2v) is 8.31. The quantitative estimate of drug-likeness (QED) is 0.908. The molecule has 0 aromatic heterocycles. The van der Waals surface area contributed by atoms with Crippen LogP contribution in [0.25, 0.3) is 0 Å². The lowest BCUT2D eigenvalue weighted by atomic mass is 10.1. The van der Waals surface area contributed by atoms with Gasteiger partial charge in [-0.15, -0.1) is 0 Å². The van der Waals surface area contributed by atoms with E-state index in [1.54, 1.807) is 0 Å². The molecule has 2 rings (SSSR count). The van der Waals surface area contributed by atoms with Gasteiger partial charge in [-0.3, -0.25) is 0 Å². The van der Waals surface area contributed by atoms with Crippen molar-refractivity contribution in [2.75, 3.05) is 11.5 Å². The number of nitrogens with one attached hydrogen (secondary N) is 1. The van der Waals surface area contributed by atoms with E-state index in [0.29, 0.717) is 5.75 Å². The van der Waals surface area contributed by atoms with E-state index in [0.717, 1.165) is 24.2 Å². The van der Waals surface area contributed by atoms with Crippen LogP contribution in [0, 0.1) is 0 Å². The summed E-state index contributed by atoms with van der Waals surface area (Å²) in [7, 11) is -2.86. The van der Waals surface area contributed by atoms with E-state index in [1.165, 1.54) is 0 Å². The third kappa shape index (κ3) is 5.00. The topological polar surface area (TPSA) is 55.4 Å². The molecule has 0 aliphatic carbocycles. The van der Waals surface area contributed by atoms with Gasteiger partial charge in [0.1, 0.15) is 5.75 Å². The molecule has 2 atom stereocenters. The van der Waals surface area contributed by atoms with Crippen molar-refractivity contribution in [3.63, 3.8) is 0 Å². The van der Waals surface area contributed by atoms with E-state index in [1.807, 2.05) is 38.1 Å². The van der Waals surface area contributed by atoms with Crippen molar-refractivity contribution in [1.29, 1.82) is 0 Å². The molecule has 4 nitrogen and oxygen atoms in total. The number of ether oxygens (including phenoxy) is 1. The Hall–Kier alpha value is -1.07. The minimum Gasteiger partial charge on any atom is -0.491 e. The maximum absolute atomic E-state index is 11.7. The molecule has 1 aromatic carbocycles. The van der Waals surface area contributed by atoms with Crippen LogP contribution < -0.4 is 10.1 Å². The zero-order chi connectivity index (χ0) is 15.5. The molecule has 1 aliphatic heterocycles. The Morgan fingerprint density at radius 3 is 2.43 bits per heavy atom. The molecule has 0 saturated carbocycles. The molecule has 0 amide bonds. The van der Waals surface area contributed by atoms with Gasteiger partial charge in [-0.25, -0.2) is 8.42 Å². The maximum Gasteiger partial charge on any atom is 0.151 e. The molecule has 2 unspecified atom stereocenters. The molecular formula is C16H25NO3S. The second kappa shape index (κ2) is 6.79. The number of hydrogen-bond acceptors (Lipinski definition) is 4. The molecule has 0 radical (unpaired) electrons. The summed E-state index contributed by atoms with van der Waals surface area (Å²) >= 11 is 0. The Morgan fingerprint density at radius 1 is 1.19 bits per heavy atom. The van der Waals surface area contributed by atoms with Gasteiger partial charge < -0.3 is 10.1 Å². The lowest BCUT2D eigenvalue weighted by Crippen LogP contribution is -2.41. The molecule has 1 aromatic rings. The van der Waals surface area contributed by atoms with Crippen LogP contribution >= 0.6 is 0 Å². The number of hydrogen-bond donors (Lipinski definition) is 1. The summed E-state index contributed by atoms with van der Waals surface area (Å²) in [5.41, 5.74) is 1.15. The molecule has 118 valence electrons. The van der Waals surface area contributed by atoms with Crippen molar-refractivity contribution in [2.45, 2.75) is 51.8 Å². The Balaban J connectivity index is 1.95. The Labute approximate surface area is 127 Å². The van der Waals surface area contributed by atoms with Crippen molar-refractivity contribution in [3.8, 4) is 5.75 Å². The first-order chi connectivity index (χ1) is 9.85. The Kier molecular flexibility index (Phi) is 5.27. The van der Waals surface area contributed by atoms with E-state index in [2.05, 4.69) is 12.2 Å². The standard InChI is InChI=1S/C16H25NO3S/c1-12(2)20-16-8-6-14(7-9-16)13(3)17-15-5-4-10-21(18,19)11-15/h6-9,12-13,15,17H,4-5,10-11H2,1-3H3. The fourth-order valence-electron chi connectivity index (χ4n) is 2.71. The van der Waals surface area contributed by atoms with Crippen molar-refractivity contribution in [1.82, 2.24) is 5.32 Å². The average Bonchev–Trinajstić information content (AvgIpc) is 2.37. The van der Waals surface area contributed by atoms with Gasteiger partial charge in [0.25, 0.3) is 0 Å². The fraction of sp³-hybridized carbons (Fsp3) is 0.625. The van der Waals surface area contributed by atoms with Crippen LogP contribution in [0.15, 0.2) is 24.3 Å². The number of rotatable bonds is 5. The largest absolute Gasteiger partial charge is 0.491 e. The van der Waals surface area contributed by atoms with Crippen LogP contribution in [-0.2, 0) is 9.84 Å². The minimum absolute atomic E-state index is 0.0605. The van der Waals surface area contributed by atoms with Crippen molar-refractivity contribution in [2.24, 2.45) is 0 Å². The molecule has 1 aliphatic rings. The summed E-state index contributed by atoms with van der Waals surface area (Å²) in [4.78, 5) is 0. The van der Waals surface area contributed by atoms with E-state index in [9.17, 15) is 8.42 Å². The maximum atomic E-state index is 11.7. The highest BCUT2D eigenvalue weighted by Gasteiger charge is 2.25. The van der Waals surface area contributed by atoms with E-state index in [4.69, 9.17) is 4.74 Å². The molecule has 1 saturated heterocycles. The van der Waals surface area contributed by atoms with Crippen LogP contribution in [0.4, 0.5) is 0 Å². The van der Waals surface area contributed by atoms with Gasteiger partial charge in [0.05, 0.1) is 17.6 Å². The van der Waals surface area contributed by atoms with Gasteiger partial charge >= 0.3 is 0 Å². The van der Waals surface area contributed by atoms with Crippen LogP contribution in [0.5, 0.6) is 5.75 Å². The van der Waals surface area contributed by atoms with E-state index >= 15 is 0 Å². The summed E-state index contributed by atoms with van der Waals surface area (Å²) < 4.78 is 29.0. The summed E-state index contributed by atoms with van der Waals surface area (Å²) in [6.07, 6.45) is 1.85. The van der Waals surface area contributed by atoms with Crippen molar-refractivity contribution >= 4 is 9.84 Å². The molecule has 0 bridgehead atoms. The summed E-state index contributed by atoms with van der Waals surface area (Å²) in [6.45, 7) is 6.07. The van der Waals surface area contributed by atoms with Gasteiger partial charge in [-0.1, -0.05) is 12.1 Å². The molecule has 21 heavy (non-hydrogen) atoms. The number of benzene rings is 1. The monoisotopic (exact) mass is 311 g/mol. The fourth-order valence-corrected chi connectivity index (χ4v) is 4.36. The Morgan fingerprint density at radius 2 is 1.86 bits per heavy atom. The highest BCUT2D eigenvalue weighted by atomic mass is 32.2. The van der Waals surface area contributed by atoms with Crippen LogP contribution in [0.1, 0.15) is 45.2 Å². The Bertz CT molecular complexity index is 551. The van der Waals surface area contributed by atoms with Gasteiger partial charge in [0.2, 0.25) is 0 Å². The molecule has 1 fully saturated rings. The third-order valence-electron chi connectivity index (χ3n) is 3.70. The van der Waals surface area contributed by atoms with Crippen molar-refractivity contribution < 1.29 is 13.2 Å². The van der Waals surface area contributed by atoms with Gasteiger partial charge in [0.15, 0.2) is 9.84 Å². The summed E-state index contributed by atoms with van der Waals surface area (Å²) in [5.74, 6) is 1.45. The molecular weight excluding hydrogens is 286 g/mol. The summed E-state index contributed by atoms with van der Waals surface area (Å²) in [6, 6.07) is 8.19. The normalized spacial score (nSPS) is 23.0. The first-order valence-electron chi connectivity index (χ1n) is 7.59. The molecule has 1 heterocycles. The van der Waals surface area contributed by atoms with Gasteiger partial charge in [0, 0.05) is 12.1 Å². The highest BCUT2D eigenvalue weighted by molar-refractivity contribution is 7.91. The smallest absolute Gasteiger partial charge is 0.151 e. The van der Waals surface area contributed by atoms with E-state index < -0.39 is 9.84 Å². The first kappa shape index (κ1) is 16.3. The van der Waals surface area contributed by atoms with Gasteiger partial charge in [-0.05, 0) is 51.3 Å². The highest BCUT2D eigenvalue weighted by Crippen LogP contribution is 2.21. The van der Waals surface area contributed by atoms with Crippen LogP contribution in [0.2, 0.25) is 0 Å². The summed E-state index contributed by atoms with van der Waals surface area (Å²) in [5, 5.41) is 3.43. The predicted molar refractivity (Wildman–Crippen MR) is 85.4 cm³/mol. The second-order valence-electron chi connectivity index (χ2n) is 6.08. The zero-order valence-corrected chi connectivity index (χ0v) is 13.8. The van der Waals surface area contributed by atoms with Crippen LogP contribution in [-0.4, -0.2) is 32.1 Å². The first-order valence-corrected chi connectivity index (χ1v) is 9.41. The zero-order valence-electron chi connectivity index (χ0n) is 13.0. The lowest BCUT2D eigenvalue weighted by Gasteiger charge is -2.27. The predicted octanol–water partition coefficient (Wildman–Crippen LogP) is 2.70. The lowest BCUT2D eigenvalue weighted by molar-refractivity contribution is 0.242. The molecule has 0 spiro atoms. The minimum atomic E-state index is -2.86. The molecule has 5 heteroatoms. The van der Waals surface area contributed by atoms with Crippen LogP contribution in [0.3, 0.4) is 0 Å². The van der Waals surface area contributed by atoms with Crippen molar-refractivity contribution in [3.05, 3.63) is 29.8 Å². The SMILES string of the molecule is CC(C)Oc1ccc(C(C)NC2CCCS(=O)(=O)C2)cc1. The third-order valence-corrected chi connectivity index (χ3v) is 5.52. The average molecular weight is 311 g/mol. The molecule has 1 N–H and O–H groups in total.